The normalized spacial score (nSPS) is 16.8. The van der Waals surface area contributed by atoms with Gasteiger partial charge in [0.1, 0.15) is 34.5 Å². The molecule has 3 rings (SSSR count). The Morgan fingerprint density at radius 3 is 2.59 bits per heavy atom. The van der Waals surface area contributed by atoms with Crippen LogP contribution in [0.4, 0.5) is 4.79 Å². The quantitative estimate of drug-likeness (QED) is 0.233. The molecule has 11 nitrogen and oxygen atoms in total. The summed E-state index contributed by atoms with van der Waals surface area (Å²) < 4.78 is 16.9. The second kappa shape index (κ2) is 13.9. The molecule has 2 amide bonds. The van der Waals surface area contributed by atoms with Crippen LogP contribution in [0.5, 0.6) is 0 Å². The first-order valence-electron chi connectivity index (χ1n) is 11.7. The molecule has 198 valence electrons. The van der Waals surface area contributed by atoms with Crippen LogP contribution in [0.25, 0.3) is 0 Å². The van der Waals surface area contributed by atoms with Gasteiger partial charge in [-0.25, -0.2) is 9.59 Å². The fourth-order valence-corrected chi connectivity index (χ4v) is 4.62. The molecule has 0 spiro atoms. The molecular weight excluding hydrogens is 597 g/mol. The number of pyridine rings is 1. The van der Waals surface area contributed by atoms with Crippen LogP contribution in [0.2, 0.25) is 0 Å². The maximum absolute atomic E-state index is 13.1. The third kappa shape index (κ3) is 7.61. The van der Waals surface area contributed by atoms with Gasteiger partial charge in [0.05, 0.1) is 19.8 Å². The van der Waals surface area contributed by atoms with Gasteiger partial charge >= 0.3 is 18.0 Å². The van der Waals surface area contributed by atoms with Gasteiger partial charge in [-0.15, -0.1) is 0 Å². The van der Waals surface area contributed by atoms with Crippen molar-refractivity contribution < 1.29 is 41.4 Å². The number of carbonyl (C=O) groups is 4. The molecule has 1 aliphatic heterocycles. The van der Waals surface area contributed by atoms with Gasteiger partial charge in [0.25, 0.3) is 12.6 Å². The zero-order valence-electron chi connectivity index (χ0n) is 20.2. The highest BCUT2D eigenvalue weighted by molar-refractivity contribution is 14.1. The Balaban J connectivity index is 1.70. The van der Waals surface area contributed by atoms with Crippen LogP contribution >= 0.6 is 23.0 Å². The number of methoxy groups -OCH3 is 1. The molecule has 0 saturated carbocycles. The molecule has 2 N–H and O–H groups in total. The Morgan fingerprint density at radius 2 is 1.92 bits per heavy atom. The molecule has 0 aliphatic carbocycles. The number of aromatic nitrogens is 1. The third-order valence-corrected chi connectivity index (χ3v) is 6.43. The minimum atomic E-state index is -1.22. The number of hydrogen-bond acceptors (Lipinski definition) is 7. The number of nitrogens with zero attached hydrogens (tertiary/aromatic N) is 2. The van der Waals surface area contributed by atoms with Crippen LogP contribution in [0.3, 0.4) is 0 Å². The van der Waals surface area contributed by atoms with Crippen molar-refractivity contribution in [2.45, 2.75) is 44.0 Å². The minimum Gasteiger partial charge on any atom is -0.480 e. The molecule has 0 radical (unpaired) electrons. The molecular formula is C25H29IN3O8+. The zero-order valence-corrected chi connectivity index (χ0v) is 22.4. The van der Waals surface area contributed by atoms with Crippen molar-refractivity contribution >= 4 is 46.9 Å². The second-order valence-electron chi connectivity index (χ2n) is 8.45. The van der Waals surface area contributed by atoms with E-state index < -0.39 is 41.9 Å². The predicted octanol–water partition coefficient (Wildman–Crippen LogP) is 2.43. The van der Waals surface area contributed by atoms with Crippen molar-refractivity contribution in [3.63, 3.8) is 0 Å². The first-order chi connectivity index (χ1) is 17.8. The van der Waals surface area contributed by atoms with Gasteiger partial charge in [-0.3, -0.25) is 9.59 Å². The van der Waals surface area contributed by atoms with Gasteiger partial charge in [0, 0.05) is 12.6 Å². The fraction of sp³-hybridized carbons (Fsp3) is 0.400. The van der Waals surface area contributed by atoms with Gasteiger partial charge in [-0.1, -0.05) is 30.3 Å². The Hall–Kier alpha value is -3.26. The molecule has 2 aromatic rings. The lowest BCUT2D eigenvalue weighted by molar-refractivity contribution is -0.727. The number of halogens is 1. The number of rotatable bonds is 10. The molecule has 1 aromatic carbocycles. The summed E-state index contributed by atoms with van der Waals surface area (Å²) in [5.41, 5.74) is 0.948. The molecule has 12 heteroatoms. The average molecular weight is 626 g/mol. The van der Waals surface area contributed by atoms with Crippen LogP contribution in [-0.4, -0.2) is 66.3 Å². The van der Waals surface area contributed by atoms with Crippen molar-refractivity contribution in [2.24, 2.45) is 0 Å². The number of esters is 1. The summed E-state index contributed by atoms with van der Waals surface area (Å²) in [5.74, 6) is -2.90. The number of carboxylic acid groups (broad SMARTS) is 1. The predicted molar refractivity (Wildman–Crippen MR) is 138 cm³/mol. The number of benzene rings is 1. The van der Waals surface area contributed by atoms with E-state index in [1.165, 1.54) is 23.9 Å². The van der Waals surface area contributed by atoms with Gasteiger partial charge in [-0.2, -0.15) is 4.57 Å². The van der Waals surface area contributed by atoms with E-state index in [1.807, 2.05) is 30.3 Å². The van der Waals surface area contributed by atoms with Crippen LogP contribution in [-0.2, 0) is 28.9 Å². The summed E-state index contributed by atoms with van der Waals surface area (Å²) in [6.45, 7) is 0.0572. The summed E-state index contributed by atoms with van der Waals surface area (Å²) in [6, 6.07) is 10.7. The molecule has 1 aromatic heterocycles. The zero-order chi connectivity index (χ0) is 26.8. The Labute approximate surface area is 228 Å². The van der Waals surface area contributed by atoms with Crippen LogP contribution in [0.15, 0.2) is 54.9 Å². The number of hydrogen-bond donors (Lipinski definition) is 2. The Bertz CT molecular complexity index is 1100. The Kier molecular flexibility index (Phi) is 10.6. The smallest absolute Gasteiger partial charge is 0.414 e. The highest BCUT2D eigenvalue weighted by atomic mass is 127. The maximum atomic E-state index is 13.1. The van der Waals surface area contributed by atoms with Gasteiger partial charge in [-0.05, 0) is 30.9 Å². The lowest BCUT2D eigenvalue weighted by atomic mass is 9.85. The Morgan fingerprint density at radius 1 is 1.16 bits per heavy atom. The van der Waals surface area contributed by atoms with Gasteiger partial charge in [0.15, 0.2) is 18.4 Å². The molecule has 1 saturated heterocycles. The van der Waals surface area contributed by atoms with Gasteiger partial charge in [0.2, 0.25) is 0 Å². The number of carboxylic acids is 1. The lowest BCUT2D eigenvalue weighted by Gasteiger charge is -2.38. The van der Waals surface area contributed by atoms with E-state index in [4.69, 9.17) is 12.5 Å². The van der Waals surface area contributed by atoms with E-state index >= 15 is 0 Å². The largest absolute Gasteiger partial charge is 0.480 e. The van der Waals surface area contributed by atoms with Crippen LogP contribution < -0.4 is 9.88 Å². The van der Waals surface area contributed by atoms with E-state index in [-0.39, 0.29) is 18.9 Å². The highest BCUT2D eigenvalue weighted by Gasteiger charge is 2.39. The second-order valence-corrected chi connectivity index (χ2v) is 9.08. The number of likely N-dealkylation sites (tertiary alicyclic amines) is 1. The summed E-state index contributed by atoms with van der Waals surface area (Å²) >= 11 is 1.56. The molecule has 3 atom stereocenters. The minimum absolute atomic E-state index is 0.184. The summed E-state index contributed by atoms with van der Waals surface area (Å²) in [6.07, 6.45) is 4.74. The first kappa shape index (κ1) is 28.3. The maximum Gasteiger partial charge on any atom is 0.414 e. The van der Waals surface area contributed by atoms with E-state index in [0.29, 0.717) is 13.0 Å². The van der Waals surface area contributed by atoms with E-state index in [9.17, 15) is 24.3 Å². The van der Waals surface area contributed by atoms with Crippen molar-refractivity contribution in [3.05, 3.63) is 66.0 Å². The number of carbonyl (C=O) groups excluding carboxylic acids is 3. The number of ether oxygens (including phenoxy) is 2. The molecule has 1 aliphatic rings. The van der Waals surface area contributed by atoms with Crippen molar-refractivity contribution in [1.29, 1.82) is 0 Å². The van der Waals surface area contributed by atoms with Crippen LogP contribution in [0.1, 0.15) is 41.1 Å². The van der Waals surface area contributed by atoms with Gasteiger partial charge < -0.3 is 27.9 Å². The number of amides is 2. The summed E-state index contributed by atoms with van der Waals surface area (Å²) in [5, 5.41) is 11.6. The molecule has 0 bridgehead atoms. The number of aliphatic carboxylic acids is 1. The molecule has 0 unspecified atom stereocenters. The van der Waals surface area contributed by atoms with E-state index in [2.05, 4.69) is 5.32 Å². The molecule has 1 fully saturated rings. The molecule has 2 heterocycles. The summed E-state index contributed by atoms with van der Waals surface area (Å²) in [4.78, 5) is 51.2. The first-order valence-corrected chi connectivity index (χ1v) is 12.6. The van der Waals surface area contributed by atoms with E-state index in [1.54, 1.807) is 40.2 Å². The average Bonchev–Trinajstić information content (AvgIpc) is 2.92. The van der Waals surface area contributed by atoms with E-state index in [0.717, 1.165) is 18.4 Å². The fourth-order valence-electron chi connectivity index (χ4n) is 4.26. The SMILES string of the molecule is COC(=O)[C@H](c1ccccc1)[C@H]1CCCCN1C(=O)OC[n+]1cccc(C(=O)N[C@@H](COI)C(=O)O)c1. The van der Waals surface area contributed by atoms with Crippen molar-refractivity contribution in [2.75, 3.05) is 20.3 Å². The number of piperidine rings is 1. The highest BCUT2D eigenvalue weighted by Crippen LogP contribution is 2.32. The third-order valence-electron chi connectivity index (χ3n) is 6.07. The molecule has 37 heavy (non-hydrogen) atoms. The monoisotopic (exact) mass is 626 g/mol. The standard InChI is InChI=1S/C25H28IN3O8/c1-35-24(33)21(17-8-3-2-4-9-17)20-11-5-6-13-29(20)25(34)36-16-28-12-7-10-18(14-28)22(30)27-19(15-37-26)23(31)32/h2-4,7-10,12,14,19-21H,5-6,11,13,15-16H2,1H3,(H-,27,30,31,32)/p+1/t19-,20+,21+/m0/s1. The summed E-state index contributed by atoms with van der Waals surface area (Å²) in [7, 11) is 1.33. The van der Waals surface area contributed by atoms with Crippen molar-refractivity contribution in [1.82, 2.24) is 10.2 Å². The lowest BCUT2D eigenvalue weighted by Crippen LogP contribution is -2.50. The van der Waals surface area contributed by atoms with Crippen LogP contribution in [0, 0.1) is 0 Å². The number of nitrogens with one attached hydrogen (secondary N) is 1. The topological polar surface area (TPSA) is 135 Å². The van der Waals surface area contributed by atoms with Crippen molar-refractivity contribution in [3.8, 4) is 0 Å².